The highest BCUT2D eigenvalue weighted by Gasteiger charge is 2.14. The number of nitrogens with zero attached hydrogens (tertiary/aromatic N) is 1. The molecule has 2 N–H and O–H groups in total. The van der Waals surface area contributed by atoms with Crippen LogP contribution >= 0.6 is 27.5 Å². The summed E-state index contributed by atoms with van der Waals surface area (Å²) in [4.78, 5) is 37.9. The largest absolute Gasteiger partial charge is 0.422 e. The lowest BCUT2D eigenvalue weighted by Gasteiger charge is -2.10. The van der Waals surface area contributed by atoms with Gasteiger partial charge in [0.1, 0.15) is 5.75 Å². The summed E-state index contributed by atoms with van der Waals surface area (Å²) in [5, 5.41) is 7.27. The standard InChI is InChI=1S/C28H19BrClN3O4/c29-21-13-9-18(10-14-21)26(34)32-24-7-3-2-6-23(24)27(35)33-31-17-20-5-1-4-8-25(20)37-28(36)19-11-15-22(30)16-12-19/h1-17H,(H,32,34)(H,33,35)/b31-17-. The minimum Gasteiger partial charge on any atom is -0.422 e. The molecule has 7 nitrogen and oxygen atoms in total. The molecule has 0 saturated carbocycles. The van der Waals surface area contributed by atoms with E-state index in [1.165, 1.54) is 6.21 Å². The van der Waals surface area contributed by atoms with Crippen LogP contribution in [0.25, 0.3) is 0 Å². The number of carbonyl (C=O) groups is 3. The fraction of sp³-hybridized carbons (Fsp3) is 0. The Balaban J connectivity index is 1.44. The van der Waals surface area contributed by atoms with Crippen molar-refractivity contribution in [1.82, 2.24) is 5.43 Å². The van der Waals surface area contributed by atoms with E-state index in [9.17, 15) is 14.4 Å². The van der Waals surface area contributed by atoms with Gasteiger partial charge in [0.15, 0.2) is 0 Å². The maximum absolute atomic E-state index is 12.8. The third-order valence-electron chi connectivity index (χ3n) is 5.10. The van der Waals surface area contributed by atoms with Crippen LogP contribution in [0, 0.1) is 0 Å². The molecule has 0 radical (unpaired) electrons. The van der Waals surface area contributed by atoms with E-state index < -0.39 is 11.9 Å². The van der Waals surface area contributed by atoms with E-state index in [2.05, 4.69) is 31.8 Å². The number of benzene rings is 4. The molecule has 0 spiro atoms. The Bertz CT molecular complexity index is 1470. The van der Waals surface area contributed by atoms with Crippen molar-refractivity contribution in [1.29, 1.82) is 0 Å². The quantitative estimate of drug-likeness (QED) is 0.116. The van der Waals surface area contributed by atoms with Gasteiger partial charge in [0.05, 0.1) is 23.0 Å². The molecule has 0 aliphatic rings. The van der Waals surface area contributed by atoms with Crippen LogP contribution in [0.3, 0.4) is 0 Å². The molecule has 0 saturated heterocycles. The van der Waals surface area contributed by atoms with Gasteiger partial charge in [0, 0.05) is 20.6 Å². The molecule has 0 bridgehead atoms. The van der Waals surface area contributed by atoms with Crippen LogP contribution in [0.2, 0.25) is 5.02 Å². The number of carbonyl (C=O) groups excluding carboxylic acids is 3. The Kier molecular flexibility index (Phi) is 8.45. The topological polar surface area (TPSA) is 96.9 Å². The highest BCUT2D eigenvalue weighted by atomic mass is 79.9. The van der Waals surface area contributed by atoms with Crippen molar-refractivity contribution in [2.24, 2.45) is 5.10 Å². The summed E-state index contributed by atoms with van der Waals surface area (Å²) in [5.41, 5.74) is 4.27. The molecule has 0 fully saturated rings. The molecule has 37 heavy (non-hydrogen) atoms. The number of rotatable bonds is 7. The van der Waals surface area contributed by atoms with E-state index in [1.807, 2.05) is 0 Å². The van der Waals surface area contributed by atoms with Gasteiger partial charge in [-0.1, -0.05) is 51.8 Å². The Morgan fingerprint density at radius 1 is 0.784 bits per heavy atom. The lowest BCUT2D eigenvalue weighted by Crippen LogP contribution is -2.21. The zero-order valence-electron chi connectivity index (χ0n) is 19.2. The molecular formula is C28H19BrClN3O4. The van der Waals surface area contributed by atoms with Crippen molar-refractivity contribution < 1.29 is 19.1 Å². The maximum atomic E-state index is 12.8. The number of amides is 2. The van der Waals surface area contributed by atoms with Crippen molar-refractivity contribution in [2.45, 2.75) is 0 Å². The number of hydrazone groups is 1. The number of ether oxygens (including phenoxy) is 1. The van der Waals surface area contributed by atoms with E-state index in [0.717, 1.165) is 4.47 Å². The van der Waals surface area contributed by atoms with Gasteiger partial charge in [0.25, 0.3) is 11.8 Å². The molecule has 184 valence electrons. The molecule has 4 aromatic carbocycles. The van der Waals surface area contributed by atoms with Crippen LogP contribution in [0.4, 0.5) is 5.69 Å². The first-order valence-corrected chi connectivity index (χ1v) is 12.1. The summed E-state index contributed by atoms with van der Waals surface area (Å²) in [6.45, 7) is 0. The lowest BCUT2D eigenvalue weighted by atomic mass is 10.1. The van der Waals surface area contributed by atoms with Crippen molar-refractivity contribution in [3.8, 4) is 5.75 Å². The molecule has 4 aromatic rings. The van der Waals surface area contributed by atoms with Crippen molar-refractivity contribution >= 4 is 57.2 Å². The molecular weight excluding hydrogens is 558 g/mol. The van der Waals surface area contributed by atoms with Gasteiger partial charge in [-0.05, 0) is 72.8 Å². The minimum atomic E-state index is -0.558. The predicted molar refractivity (Wildman–Crippen MR) is 146 cm³/mol. The summed E-state index contributed by atoms with van der Waals surface area (Å²) in [6.07, 6.45) is 1.37. The smallest absolute Gasteiger partial charge is 0.343 e. The highest BCUT2D eigenvalue weighted by Crippen LogP contribution is 2.20. The van der Waals surface area contributed by atoms with Crippen LogP contribution in [0.15, 0.2) is 107 Å². The zero-order valence-corrected chi connectivity index (χ0v) is 21.5. The number of halogens is 2. The number of esters is 1. The molecule has 0 heterocycles. The van der Waals surface area contributed by atoms with Crippen LogP contribution in [-0.4, -0.2) is 24.0 Å². The molecule has 4 rings (SSSR count). The number of hydrogen-bond donors (Lipinski definition) is 2. The average molecular weight is 577 g/mol. The first-order chi connectivity index (χ1) is 17.9. The second kappa shape index (κ2) is 12.1. The normalized spacial score (nSPS) is 10.6. The third-order valence-corrected chi connectivity index (χ3v) is 5.88. The molecule has 0 aromatic heterocycles. The van der Waals surface area contributed by atoms with Crippen molar-refractivity contribution in [2.75, 3.05) is 5.32 Å². The lowest BCUT2D eigenvalue weighted by molar-refractivity contribution is 0.0734. The van der Waals surface area contributed by atoms with Crippen molar-refractivity contribution in [3.63, 3.8) is 0 Å². The fourth-order valence-electron chi connectivity index (χ4n) is 3.23. The van der Waals surface area contributed by atoms with Gasteiger partial charge in [-0.25, -0.2) is 10.2 Å². The Morgan fingerprint density at radius 2 is 1.43 bits per heavy atom. The van der Waals surface area contributed by atoms with Gasteiger partial charge in [-0.3, -0.25) is 9.59 Å². The molecule has 0 unspecified atom stereocenters. The number of hydrogen-bond acceptors (Lipinski definition) is 5. The Hall–Kier alpha value is -4.27. The van der Waals surface area contributed by atoms with Crippen molar-refractivity contribution in [3.05, 3.63) is 129 Å². The minimum absolute atomic E-state index is 0.229. The van der Waals surface area contributed by atoms with E-state index in [4.69, 9.17) is 16.3 Å². The molecule has 0 aliphatic carbocycles. The maximum Gasteiger partial charge on any atom is 0.343 e. The van der Waals surface area contributed by atoms with Gasteiger partial charge < -0.3 is 10.1 Å². The van der Waals surface area contributed by atoms with E-state index in [-0.39, 0.29) is 17.2 Å². The first-order valence-electron chi connectivity index (χ1n) is 11.0. The van der Waals surface area contributed by atoms with Gasteiger partial charge in [0.2, 0.25) is 0 Å². The molecule has 2 amide bonds. The fourth-order valence-corrected chi connectivity index (χ4v) is 3.62. The average Bonchev–Trinajstić information content (AvgIpc) is 2.90. The first kappa shape index (κ1) is 25.8. The van der Waals surface area contributed by atoms with Crippen LogP contribution < -0.4 is 15.5 Å². The molecule has 0 aliphatic heterocycles. The summed E-state index contributed by atoms with van der Waals surface area (Å²) in [5.74, 6) is -1.18. The van der Waals surface area contributed by atoms with Crippen LogP contribution in [-0.2, 0) is 0 Å². The summed E-state index contributed by atoms with van der Waals surface area (Å²) >= 11 is 9.21. The van der Waals surface area contributed by atoms with Gasteiger partial charge in [-0.2, -0.15) is 5.10 Å². The summed E-state index contributed by atoms with van der Waals surface area (Å²) in [7, 11) is 0. The van der Waals surface area contributed by atoms with Crippen LogP contribution in [0.5, 0.6) is 5.75 Å². The van der Waals surface area contributed by atoms with Gasteiger partial charge in [-0.15, -0.1) is 0 Å². The third kappa shape index (κ3) is 6.91. The second-order valence-corrected chi connectivity index (χ2v) is 8.99. The number of anilines is 1. The van der Waals surface area contributed by atoms with Crippen LogP contribution in [0.1, 0.15) is 36.6 Å². The monoisotopic (exact) mass is 575 g/mol. The van der Waals surface area contributed by atoms with E-state index in [0.29, 0.717) is 27.4 Å². The predicted octanol–water partition coefficient (Wildman–Crippen LogP) is 6.34. The summed E-state index contributed by atoms with van der Waals surface area (Å²) in [6, 6.07) is 26.5. The number of para-hydroxylation sites is 2. The van der Waals surface area contributed by atoms with E-state index >= 15 is 0 Å². The number of nitrogens with one attached hydrogen (secondary N) is 2. The Morgan fingerprint density at radius 3 is 2.19 bits per heavy atom. The second-order valence-electron chi connectivity index (χ2n) is 7.64. The summed E-state index contributed by atoms with van der Waals surface area (Å²) < 4.78 is 6.34. The SMILES string of the molecule is O=C(Nc1ccccc1C(=O)N/N=C\c1ccccc1OC(=O)c1ccc(Cl)cc1)c1ccc(Br)cc1. The van der Waals surface area contributed by atoms with Gasteiger partial charge >= 0.3 is 5.97 Å². The molecule has 0 atom stereocenters. The zero-order chi connectivity index (χ0) is 26.2. The molecule has 9 heteroatoms. The highest BCUT2D eigenvalue weighted by molar-refractivity contribution is 9.10. The van der Waals surface area contributed by atoms with E-state index in [1.54, 1.807) is 97.1 Å². The Labute approximate surface area is 226 Å².